The van der Waals surface area contributed by atoms with Crippen LogP contribution in [0.5, 0.6) is 11.5 Å². The van der Waals surface area contributed by atoms with Gasteiger partial charge in [0.15, 0.2) is 11.5 Å². The summed E-state index contributed by atoms with van der Waals surface area (Å²) in [6, 6.07) is 3.65. The first-order valence-electron chi connectivity index (χ1n) is 7.45. The molecule has 0 aromatic heterocycles. The van der Waals surface area contributed by atoms with Crippen LogP contribution in [0.1, 0.15) is 32.3 Å². The number of nitrogens with zero attached hydrogens (tertiary/aromatic N) is 1. The molecular formula is C16H24ClNO4. The predicted molar refractivity (Wildman–Crippen MR) is 87.0 cm³/mol. The number of rotatable bonds is 10. The highest BCUT2D eigenvalue weighted by atomic mass is 35.5. The molecule has 0 spiro atoms. The summed E-state index contributed by atoms with van der Waals surface area (Å²) >= 11 is 6.28. The molecule has 6 heteroatoms. The van der Waals surface area contributed by atoms with E-state index in [-0.39, 0.29) is 6.54 Å². The van der Waals surface area contributed by atoms with Crippen LogP contribution in [0.3, 0.4) is 0 Å². The van der Waals surface area contributed by atoms with Crippen molar-refractivity contribution in [1.29, 1.82) is 0 Å². The summed E-state index contributed by atoms with van der Waals surface area (Å²) in [4.78, 5) is 12.8. The van der Waals surface area contributed by atoms with Crippen molar-refractivity contribution in [3.63, 3.8) is 0 Å². The first-order chi connectivity index (χ1) is 10.5. The molecule has 1 aromatic rings. The summed E-state index contributed by atoms with van der Waals surface area (Å²) in [5.41, 5.74) is 0.903. The molecule has 0 fully saturated rings. The van der Waals surface area contributed by atoms with Gasteiger partial charge in [-0.15, -0.1) is 0 Å². The monoisotopic (exact) mass is 329 g/mol. The smallest absolute Gasteiger partial charge is 0.317 e. The first-order valence-corrected chi connectivity index (χ1v) is 7.82. The maximum atomic E-state index is 10.9. The van der Waals surface area contributed by atoms with E-state index in [1.165, 1.54) is 0 Å². The van der Waals surface area contributed by atoms with Crippen molar-refractivity contribution >= 4 is 17.6 Å². The molecule has 0 saturated carbocycles. The summed E-state index contributed by atoms with van der Waals surface area (Å²) in [6.45, 7) is 5.82. The molecule has 0 aliphatic rings. The molecule has 22 heavy (non-hydrogen) atoms. The number of aliphatic carboxylic acids is 1. The van der Waals surface area contributed by atoms with Gasteiger partial charge in [-0.2, -0.15) is 0 Å². The minimum absolute atomic E-state index is 0.00185. The summed E-state index contributed by atoms with van der Waals surface area (Å²) in [7, 11) is 1.56. The SMILES string of the molecule is CCCOc1c(Cl)cc(CN(CCC)CC(=O)O)cc1OC. The fraction of sp³-hybridized carbons (Fsp3) is 0.562. The Labute approximate surface area is 136 Å². The molecule has 0 amide bonds. The fourth-order valence-corrected chi connectivity index (χ4v) is 2.48. The third-order valence-electron chi connectivity index (χ3n) is 3.04. The molecule has 0 heterocycles. The minimum Gasteiger partial charge on any atom is -0.493 e. The summed E-state index contributed by atoms with van der Waals surface area (Å²) in [5, 5.41) is 9.45. The first kappa shape index (κ1) is 18.6. The van der Waals surface area contributed by atoms with Crippen molar-refractivity contribution in [1.82, 2.24) is 4.90 Å². The Bertz CT molecular complexity index is 493. The van der Waals surface area contributed by atoms with Crippen LogP contribution in [0, 0.1) is 0 Å². The topological polar surface area (TPSA) is 59.0 Å². The molecule has 0 unspecified atom stereocenters. The van der Waals surface area contributed by atoms with E-state index in [1.54, 1.807) is 13.2 Å². The molecule has 0 saturated heterocycles. The van der Waals surface area contributed by atoms with Crippen LogP contribution < -0.4 is 9.47 Å². The van der Waals surface area contributed by atoms with Crippen LogP contribution in [0.4, 0.5) is 0 Å². The molecule has 1 aromatic carbocycles. The number of halogens is 1. The molecule has 0 atom stereocenters. The van der Waals surface area contributed by atoms with E-state index >= 15 is 0 Å². The predicted octanol–water partition coefficient (Wildman–Crippen LogP) is 3.43. The van der Waals surface area contributed by atoms with Gasteiger partial charge in [0.05, 0.1) is 25.3 Å². The van der Waals surface area contributed by atoms with Gasteiger partial charge in [-0.25, -0.2) is 0 Å². The second kappa shape index (κ2) is 9.54. The Morgan fingerprint density at radius 2 is 2.05 bits per heavy atom. The zero-order valence-corrected chi connectivity index (χ0v) is 14.2. The molecular weight excluding hydrogens is 306 g/mol. The number of carboxylic acids is 1. The third kappa shape index (κ3) is 5.73. The number of carbonyl (C=O) groups is 1. The maximum Gasteiger partial charge on any atom is 0.317 e. The van der Waals surface area contributed by atoms with Crippen molar-refractivity contribution in [2.24, 2.45) is 0 Å². The van der Waals surface area contributed by atoms with Gasteiger partial charge in [0.25, 0.3) is 0 Å². The van der Waals surface area contributed by atoms with Gasteiger partial charge in [-0.05, 0) is 37.1 Å². The van der Waals surface area contributed by atoms with Gasteiger partial charge < -0.3 is 14.6 Å². The molecule has 124 valence electrons. The average Bonchev–Trinajstić information content (AvgIpc) is 2.45. The lowest BCUT2D eigenvalue weighted by Gasteiger charge is -2.21. The van der Waals surface area contributed by atoms with E-state index < -0.39 is 5.97 Å². The summed E-state index contributed by atoms with van der Waals surface area (Å²) < 4.78 is 11.0. The molecule has 0 radical (unpaired) electrons. The quantitative estimate of drug-likeness (QED) is 0.712. The summed E-state index contributed by atoms with van der Waals surface area (Å²) in [6.07, 6.45) is 1.76. The van der Waals surface area contributed by atoms with Crippen molar-refractivity contribution in [2.75, 3.05) is 26.8 Å². The highest BCUT2D eigenvalue weighted by Gasteiger charge is 2.15. The molecule has 0 bridgehead atoms. The van der Waals surface area contributed by atoms with Crippen LogP contribution in [0.15, 0.2) is 12.1 Å². The van der Waals surface area contributed by atoms with E-state index in [1.807, 2.05) is 24.8 Å². The fourth-order valence-electron chi connectivity index (χ4n) is 2.19. The van der Waals surface area contributed by atoms with Crippen LogP contribution in [-0.2, 0) is 11.3 Å². The third-order valence-corrected chi connectivity index (χ3v) is 3.33. The lowest BCUT2D eigenvalue weighted by Crippen LogP contribution is -2.30. The van der Waals surface area contributed by atoms with Gasteiger partial charge in [-0.3, -0.25) is 9.69 Å². The van der Waals surface area contributed by atoms with Crippen LogP contribution >= 0.6 is 11.6 Å². The Morgan fingerprint density at radius 1 is 1.32 bits per heavy atom. The van der Waals surface area contributed by atoms with E-state index in [4.69, 9.17) is 26.2 Å². The van der Waals surface area contributed by atoms with E-state index in [0.717, 1.165) is 18.4 Å². The average molecular weight is 330 g/mol. The number of hydrogen-bond acceptors (Lipinski definition) is 4. The van der Waals surface area contributed by atoms with Gasteiger partial charge in [0.1, 0.15) is 0 Å². The van der Waals surface area contributed by atoms with Gasteiger partial charge in [0.2, 0.25) is 0 Å². The molecule has 1 rings (SSSR count). The number of benzene rings is 1. The second-order valence-corrected chi connectivity index (χ2v) is 5.47. The Morgan fingerprint density at radius 3 is 2.59 bits per heavy atom. The number of ether oxygens (including phenoxy) is 2. The summed E-state index contributed by atoms with van der Waals surface area (Å²) in [5.74, 6) is 0.271. The Hall–Kier alpha value is -1.46. The zero-order valence-electron chi connectivity index (χ0n) is 13.4. The van der Waals surface area contributed by atoms with Crippen LogP contribution in [0.25, 0.3) is 0 Å². The molecule has 1 N–H and O–H groups in total. The maximum absolute atomic E-state index is 10.9. The Kier molecular flexibility index (Phi) is 8.06. The van der Waals surface area contributed by atoms with Gasteiger partial charge >= 0.3 is 5.97 Å². The minimum atomic E-state index is -0.839. The molecule has 0 aliphatic carbocycles. The van der Waals surface area contributed by atoms with E-state index in [2.05, 4.69) is 0 Å². The van der Waals surface area contributed by atoms with Crippen molar-refractivity contribution < 1.29 is 19.4 Å². The van der Waals surface area contributed by atoms with Gasteiger partial charge in [0, 0.05) is 6.54 Å². The van der Waals surface area contributed by atoms with Crippen LogP contribution in [-0.4, -0.2) is 42.8 Å². The lowest BCUT2D eigenvalue weighted by molar-refractivity contribution is -0.138. The highest BCUT2D eigenvalue weighted by Crippen LogP contribution is 2.36. The van der Waals surface area contributed by atoms with E-state index in [9.17, 15) is 4.79 Å². The molecule has 5 nitrogen and oxygen atoms in total. The number of hydrogen-bond donors (Lipinski definition) is 1. The zero-order chi connectivity index (χ0) is 16.5. The van der Waals surface area contributed by atoms with E-state index in [0.29, 0.717) is 36.2 Å². The van der Waals surface area contributed by atoms with Crippen molar-refractivity contribution in [3.8, 4) is 11.5 Å². The van der Waals surface area contributed by atoms with Gasteiger partial charge in [-0.1, -0.05) is 25.4 Å². The second-order valence-electron chi connectivity index (χ2n) is 5.06. The largest absolute Gasteiger partial charge is 0.493 e. The van der Waals surface area contributed by atoms with Crippen molar-refractivity contribution in [3.05, 3.63) is 22.7 Å². The highest BCUT2D eigenvalue weighted by molar-refractivity contribution is 6.32. The van der Waals surface area contributed by atoms with Crippen LogP contribution in [0.2, 0.25) is 5.02 Å². The standard InChI is InChI=1S/C16H24ClNO4/c1-4-6-18(11-15(19)20)10-12-8-13(17)16(22-7-5-2)14(9-12)21-3/h8-9H,4-7,10-11H2,1-3H3,(H,19,20). The molecule has 0 aliphatic heterocycles. The number of carboxylic acid groups (broad SMARTS) is 1. The number of methoxy groups -OCH3 is 1. The Balaban J connectivity index is 2.94. The lowest BCUT2D eigenvalue weighted by atomic mass is 10.1. The normalized spacial score (nSPS) is 10.8. The van der Waals surface area contributed by atoms with Crippen molar-refractivity contribution in [2.45, 2.75) is 33.2 Å².